The zero-order valence-electron chi connectivity index (χ0n) is 17.4. The molecule has 2 atom stereocenters. The van der Waals surface area contributed by atoms with Crippen molar-refractivity contribution < 1.29 is 14.0 Å². The maximum atomic E-state index is 14.2. The second-order valence-electron chi connectivity index (χ2n) is 7.53. The normalized spacial score (nSPS) is 19.8. The zero-order chi connectivity index (χ0) is 22.0. The van der Waals surface area contributed by atoms with Gasteiger partial charge in [0.15, 0.2) is 11.5 Å². The first kappa shape index (κ1) is 20.8. The highest BCUT2D eigenvalue weighted by Gasteiger charge is 2.42. The molecule has 11 heteroatoms. The summed E-state index contributed by atoms with van der Waals surface area (Å²) in [6.07, 6.45) is 4.93. The van der Waals surface area contributed by atoms with Crippen LogP contribution in [0.2, 0.25) is 0 Å². The first-order valence-electron chi connectivity index (χ1n) is 10.3. The first-order chi connectivity index (χ1) is 15.0. The Balaban J connectivity index is 1.47. The highest BCUT2D eigenvalue weighted by molar-refractivity contribution is 5.92. The first-order valence-corrected chi connectivity index (χ1v) is 10.3. The van der Waals surface area contributed by atoms with Gasteiger partial charge in [-0.05, 0) is 25.8 Å². The number of halogens is 1. The van der Waals surface area contributed by atoms with Crippen LogP contribution in [0.1, 0.15) is 30.3 Å². The second-order valence-corrected chi connectivity index (χ2v) is 7.53. The van der Waals surface area contributed by atoms with E-state index in [9.17, 15) is 14.0 Å². The van der Waals surface area contributed by atoms with Gasteiger partial charge in [-0.15, -0.1) is 0 Å². The predicted molar refractivity (Wildman–Crippen MR) is 113 cm³/mol. The van der Waals surface area contributed by atoms with Crippen LogP contribution in [0.25, 0.3) is 0 Å². The molecule has 2 aromatic heterocycles. The summed E-state index contributed by atoms with van der Waals surface area (Å²) < 4.78 is 14.2. The topological polar surface area (TPSA) is 115 Å². The number of aromatic nitrogens is 3. The van der Waals surface area contributed by atoms with Crippen molar-refractivity contribution in [1.82, 2.24) is 30.5 Å². The number of piperazine rings is 1. The fourth-order valence-electron chi connectivity index (χ4n) is 4.17. The number of rotatable bonds is 5. The number of pyridine rings is 1. The summed E-state index contributed by atoms with van der Waals surface area (Å²) in [4.78, 5) is 40.7. The molecule has 4 heterocycles. The lowest BCUT2D eigenvalue weighted by molar-refractivity contribution is 0.0953. The smallest absolute Gasteiger partial charge is 0.318 e. The van der Waals surface area contributed by atoms with Crippen LogP contribution in [0.3, 0.4) is 0 Å². The van der Waals surface area contributed by atoms with E-state index in [0.717, 1.165) is 18.7 Å². The van der Waals surface area contributed by atoms with Crippen molar-refractivity contribution in [2.45, 2.75) is 31.8 Å². The molecule has 0 aliphatic carbocycles. The lowest BCUT2D eigenvalue weighted by Gasteiger charge is -2.41. The van der Waals surface area contributed by atoms with Gasteiger partial charge in [-0.3, -0.25) is 4.79 Å². The van der Waals surface area contributed by atoms with Crippen molar-refractivity contribution in [1.29, 1.82) is 0 Å². The van der Waals surface area contributed by atoms with E-state index in [-0.39, 0.29) is 23.8 Å². The minimum absolute atomic E-state index is 0.00517. The summed E-state index contributed by atoms with van der Waals surface area (Å²) in [6.45, 7) is 3.92. The van der Waals surface area contributed by atoms with Crippen LogP contribution >= 0.6 is 0 Å². The lowest BCUT2D eigenvalue weighted by atomic mass is 10.2. The number of nitrogens with zero attached hydrogens (tertiary/aromatic N) is 5. The van der Waals surface area contributed by atoms with Crippen LogP contribution < -0.4 is 20.9 Å². The summed E-state index contributed by atoms with van der Waals surface area (Å²) in [7, 11) is 1.41. The average Bonchev–Trinajstić information content (AvgIpc) is 3.03. The van der Waals surface area contributed by atoms with E-state index >= 15 is 0 Å². The van der Waals surface area contributed by atoms with Crippen LogP contribution in [-0.4, -0.2) is 70.6 Å². The van der Waals surface area contributed by atoms with Crippen molar-refractivity contribution in [2.75, 3.05) is 36.9 Å². The fraction of sp³-hybridized carbons (Fsp3) is 0.450. The third-order valence-electron chi connectivity index (χ3n) is 5.55. The van der Waals surface area contributed by atoms with Crippen molar-refractivity contribution in [3.8, 4) is 0 Å². The molecule has 3 amide bonds. The number of fused-ring (bicyclic) bond motifs is 2. The number of urea groups is 1. The van der Waals surface area contributed by atoms with E-state index in [1.54, 1.807) is 6.20 Å². The van der Waals surface area contributed by atoms with Crippen molar-refractivity contribution in [2.24, 2.45) is 0 Å². The Morgan fingerprint density at radius 1 is 1.23 bits per heavy atom. The van der Waals surface area contributed by atoms with Crippen LogP contribution in [0.5, 0.6) is 0 Å². The molecule has 0 spiro atoms. The third-order valence-corrected chi connectivity index (χ3v) is 5.55. The molecule has 2 aliphatic heterocycles. The molecule has 1 unspecified atom stereocenters. The molecule has 2 aliphatic rings. The summed E-state index contributed by atoms with van der Waals surface area (Å²) in [6, 6.07) is 3.28. The highest BCUT2D eigenvalue weighted by Crippen LogP contribution is 2.32. The number of nitrogens with one attached hydrogen (secondary N) is 3. The quantitative estimate of drug-likeness (QED) is 0.661. The fourth-order valence-corrected chi connectivity index (χ4v) is 4.17. The molecule has 2 saturated heterocycles. The maximum Gasteiger partial charge on any atom is 0.318 e. The van der Waals surface area contributed by atoms with Gasteiger partial charge in [-0.25, -0.2) is 19.2 Å². The van der Waals surface area contributed by atoms with Gasteiger partial charge in [0.25, 0.3) is 5.91 Å². The van der Waals surface area contributed by atoms with E-state index in [1.807, 2.05) is 17.9 Å². The number of hydrogen-bond acceptors (Lipinski definition) is 7. The zero-order valence-corrected chi connectivity index (χ0v) is 17.4. The molecular formula is C20H25FN8O2. The molecule has 0 radical (unpaired) electrons. The van der Waals surface area contributed by atoms with Crippen LogP contribution in [0, 0.1) is 5.82 Å². The van der Waals surface area contributed by atoms with Crippen LogP contribution in [0.15, 0.2) is 24.5 Å². The van der Waals surface area contributed by atoms with Gasteiger partial charge in [0, 0.05) is 38.9 Å². The monoisotopic (exact) mass is 428 g/mol. The Morgan fingerprint density at radius 3 is 2.61 bits per heavy atom. The van der Waals surface area contributed by atoms with E-state index in [1.165, 1.54) is 19.3 Å². The Bertz CT molecular complexity index is 973. The predicted octanol–water partition coefficient (Wildman–Crippen LogP) is 1.50. The standard InChI is InChI=1S/C20H25FN8O2/c1-3-23-20(31)29-13-4-5-14(29)11-28(10-13)16-6-7-24-19(27-16)26-12-8-15(21)17(25-9-12)18(30)22-2/h6-9,13-14H,3-5,10-11H2,1-2H3,(H,22,30)(H,23,31)(H,24,26,27)/t13-,14?/m1/s1. The summed E-state index contributed by atoms with van der Waals surface area (Å²) in [5, 5.41) is 8.17. The van der Waals surface area contributed by atoms with Crippen molar-refractivity contribution >= 4 is 29.4 Å². The Kier molecular flexibility index (Phi) is 5.83. The Labute approximate surface area is 179 Å². The highest BCUT2D eigenvalue weighted by atomic mass is 19.1. The molecular weight excluding hydrogens is 403 g/mol. The van der Waals surface area contributed by atoms with E-state index in [4.69, 9.17) is 0 Å². The molecule has 2 aromatic rings. The molecule has 3 N–H and O–H groups in total. The van der Waals surface area contributed by atoms with Gasteiger partial charge in [-0.1, -0.05) is 0 Å². The van der Waals surface area contributed by atoms with Crippen molar-refractivity contribution in [3.63, 3.8) is 0 Å². The van der Waals surface area contributed by atoms with Gasteiger partial charge in [-0.2, -0.15) is 4.98 Å². The van der Waals surface area contributed by atoms with E-state index < -0.39 is 11.7 Å². The van der Waals surface area contributed by atoms with Crippen molar-refractivity contribution in [3.05, 3.63) is 36.0 Å². The molecule has 2 bridgehead atoms. The lowest BCUT2D eigenvalue weighted by Crippen LogP contribution is -2.58. The van der Waals surface area contributed by atoms with Gasteiger partial charge >= 0.3 is 6.03 Å². The average molecular weight is 428 g/mol. The second kappa shape index (κ2) is 8.70. The molecule has 2 fully saturated rings. The van der Waals surface area contributed by atoms with E-state index in [2.05, 4.69) is 35.8 Å². The Morgan fingerprint density at radius 2 is 1.97 bits per heavy atom. The van der Waals surface area contributed by atoms with Gasteiger partial charge in [0.1, 0.15) is 5.82 Å². The SMILES string of the molecule is CCNC(=O)N1C2CC[C@@H]1CN(c1ccnc(Nc3cnc(C(=O)NC)c(F)c3)n1)C2. The Hall–Kier alpha value is -3.50. The molecule has 0 aromatic carbocycles. The number of anilines is 3. The van der Waals surface area contributed by atoms with Crippen LogP contribution in [-0.2, 0) is 0 Å². The number of carbonyl (C=O) groups is 2. The minimum atomic E-state index is -0.737. The number of amides is 3. The maximum absolute atomic E-state index is 14.2. The largest absolute Gasteiger partial charge is 0.354 e. The summed E-state index contributed by atoms with van der Waals surface area (Å²) >= 11 is 0. The minimum Gasteiger partial charge on any atom is -0.354 e. The summed E-state index contributed by atoms with van der Waals surface area (Å²) in [5.41, 5.74) is 0.0617. The molecule has 10 nitrogen and oxygen atoms in total. The number of carbonyl (C=O) groups excluding carboxylic acids is 2. The van der Waals surface area contributed by atoms with Gasteiger partial charge < -0.3 is 25.8 Å². The molecule has 4 rings (SSSR count). The van der Waals surface area contributed by atoms with Crippen LogP contribution in [0.4, 0.5) is 26.6 Å². The summed E-state index contributed by atoms with van der Waals surface area (Å²) in [5.74, 6) is -0.299. The van der Waals surface area contributed by atoms with E-state index in [0.29, 0.717) is 31.3 Å². The molecule has 31 heavy (non-hydrogen) atoms. The molecule has 164 valence electrons. The number of hydrogen-bond donors (Lipinski definition) is 3. The molecule has 0 saturated carbocycles. The van der Waals surface area contributed by atoms with Gasteiger partial charge in [0.05, 0.1) is 24.0 Å². The third kappa shape index (κ3) is 4.21. The van der Waals surface area contributed by atoms with Gasteiger partial charge in [0.2, 0.25) is 5.95 Å².